The third-order valence-corrected chi connectivity index (χ3v) is 4.09. The van der Waals surface area contributed by atoms with Crippen LogP contribution in [-0.4, -0.2) is 23.8 Å². The zero-order valence-electron chi connectivity index (χ0n) is 11.6. The van der Waals surface area contributed by atoms with Gasteiger partial charge in [-0.3, -0.25) is 10.3 Å². The molecule has 1 heterocycles. The third-order valence-electron chi connectivity index (χ3n) is 4.09. The van der Waals surface area contributed by atoms with E-state index in [0.717, 1.165) is 31.1 Å². The van der Waals surface area contributed by atoms with Gasteiger partial charge in [0.2, 0.25) is 0 Å². The van der Waals surface area contributed by atoms with Crippen LogP contribution in [0, 0.1) is 23.1 Å². The summed E-state index contributed by atoms with van der Waals surface area (Å²) in [5.41, 5.74) is 6.79. The lowest BCUT2D eigenvalue weighted by Crippen LogP contribution is -2.37. The summed E-state index contributed by atoms with van der Waals surface area (Å²) in [5.74, 6) is 1.04. The largest absolute Gasteiger partial charge is 0.384 e. The van der Waals surface area contributed by atoms with Crippen molar-refractivity contribution in [2.24, 2.45) is 17.6 Å². The van der Waals surface area contributed by atoms with Crippen LogP contribution in [0.5, 0.6) is 0 Å². The van der Waals surface area contributed by atoms with Crippen LogP contribution in [0.3, 0.4) is 0 Å². The van der Waals surface area contributed by atoms with Crippen molar-refractivity contribution in [1.29, 1.82) is 5.41 Å². The summed E-state index contributed by atoms with van der Waals surface area (Å²) in [5, 5.41) is 7.40. The number of hydrogen-bond acceptors (Lipinski definition) is 2. The van der Waals surface area contributed by atoms with Gasteiger partial charge in [-0.05, 0) is 48.6 Å². The van der Waals surface area contributed by atoms with Gasteiger partial charge in [0.05, 0.1) is 0 Å². The second kappa shape index (κ2) is 5.70. The molecule has 0 radical (unpaired) electrons. The molecule has 1 saturated heterocycles. The number of rotatable bonds is 3. The molecule has 1 aromatic carbocycles. The van der Waals surface area contributed by atoms with Crippen LogP contribution >= 0.6 is 0 Å². The van der Waals surface area contributed by atoms with Crippen molar-refractivity contribution in [3.63, 3.8) is 0 Å². The Balaban J connectivity index is 2.09. The zero-order chi connectivity index (χ0) is 14.0. The molecular weight excluding hydrogens is 241 g/mol. The summed E-state index contributed by atoms with van der Waals surface area (Å²) in [4.78, 5) is 2.35. The molecule has 0 aromatic heterocycles. The van der Waals surface area contributed by atoms with E-state index < -0.39 is 0 Å². The number of hydrogen-bond donors (Lipinski definition) is 2. The van der Waals surface area contributed by atoms with Crippen LogP contribution in [0.1, 0.15) is 31.4 Å². The number of amidine groups is 1. The van der Waals surface area contributed by atoms with Gasteiger partial charge >= 0.3 is 0 Å². The minimum absolute atomic E-state index is 0.0821. The fourth-order valence-corrected chi connectivity index (χ4v) is 2.65. The number of benzene rings is 1. The molecule has 2 rings (SSSR count). The van der Waals surface area contributed by atoms with Gasteiger partial charge in [0, 0.05) is 18.7 Å². The Labute approximate surface area is 114 Å². The van der Waals surface area contributed by atoms with Crippen LogP contribution in [0.4, 0.5) is 4.39 Å². The highest BCUT2D eigenvalue weighted by atomic mass is 19.1. The van der Waals surface area contributed by atoms with Gasteiger partial charge < -0.3 is 5.73 Å². The number of nitrogens with zero attached hydrogens (tertiary/aromatic N) is 1. The van der Waals surface area contributed by atoms with Gasteiger partial charge in [-0.2, -0.15) is 0 Å². The Bertz CT molecular complexity index is 472. The molecule has 0 saturated carbocycles. The van der Waals surface area contributed by atoms with E-state index in [-0.39, 0.29) is 11.7 Å². The van der Waals surface area contributed by atoms with Crippen molar-refractivity contribution in [2.45, 2.75) is 26.8 Å². The molecule has 0 spiro atoms. The monoisotopic (exact) mass is 263 g/mol. The first-order valence-electron chi connectivity index (χ1n) is 6.82. The highest BCUT2D eigenvalue weighted by molar-refractivity contribution is 5.95. The van der Waals surface area contributed by atoms with Crippen molar-refractivity contribution < 1.29 is 4.39 Å². The summed E-state index contributed by atoms with van der Waals surface area (Å²) < 4.78 is 13.5. The number of nitrogens with two attached hydrogens (primary N) is 1. The summed E-state index contributed by atoms with van der Waals surface area (Å²) in [6.45, 7) is 7.39. The SMILES string of the molecule is CC1CCN(Cc2cc(F)cc(C(=N)N)c2)CC1C. The van der Waals surface area contributed by atoms with Crippen LogP contribution < -0.4 is 5.73 Å². The van der Waals surface area contributed by atoms with Crippen molar-refractivity contribution in [1.82, 2.24) is 4.90 Å². The molecule has 1 aromatic rings. The van der Waals surface area contributed by atoms with Gasteiger partial charge in [-0.15, -0.1) is 0 Å². The molecule has 104 valence electrons. The topological polar surface area (TPSA) is 53.1 Å². The molecule has 19 heavy (non-hydrogen) atoms. The van der Waals surface area contributed by atoms with Gasteiger partial charge in [-0.1, -0.05) is 13.8 Å². The van der Waals surface area contributed by atoms with E-state index in [0.29, 0.717) is 11.5 Å². The molecule has 0 bridgehead atoms. The highest BCUT2D eigenvalue weighted by Gasteiger charge is 2.22. The molecule has 1 fully saturated rings. The molecule has 4 heteroatoms. The lowest BCUT2D eigenvalue weighted by Gasteiger charge is -2.35. The number of piperidine rings is 1. The second-order valence-corrected chi connectivity index (χ2v) is 5.74. The predicted molar refractivity (Wildman–Crippen MR) is 75.6 cm³/mol. The van der Waals surface area contributed by atoms with Crippen LogP contribution in [0.25, 0.3) is 0 Å². The maximum atomic E-state index is 13.5. The second-order valence-electron chi connectivity index (χ2n) is 5.74. The van der Waals surface area contributed by atoms with Gasteiger partial charge in [0.15, 0.2) is 0 Å². The smallest absolute Gasteiger partial charge is 0.124 e. The van der Waals surface area contributed by atoms with Gasteiger partial charge in [0.25, 0.3) is 0 Å². The molecule has 0 amide bonds. The first-order chi connectivity index (χ1) is 8.95. The van der Waals surface area contributed by atoms with Crippen LogP contribution in [0.15, 0.2) is 18.2 Å². The Morgan fingerprint density at radius 3 is 2.74 bits per heavy atom. The zero-order valence-corrected chi connectivity index (χ0v) is 11.6. The minimum atomic E-state index is -0.318. The van der Waals surface area contributed by atoms with E-state index >= 15 is 0 Å². The number of nitrogen functional groups attached to an aromatic ring is 1. The van der Waals surface area contributed by atoms with Crippen molar-refractivity contribution in [3.8, 4) is 0 Å². The molecular formula is C15H22FN3. The molecule has 1 aliphatic heterocycles. The predicted octanol–water partition coefficient (Wildman–Crippen LogP) is 2.59. The lowest BCUT2D eigenvalue weighted by molar-refractivity contribution is 0.132. The van der Waals surface area contributed by atoms with E-state index in [1.807, 2.05) is 6.07 Å². The first kappa shape index (κ1) is 14.0. The molecule has 3 N–H and O–H groups in total. The summed E-state index contributed by atoms with van der Waals surface area (Å²) in [6, 6.07) is 4.66. The number of halogens is 1. The Morgan fingerprint density at radius 1 is 1.37 bits per heavy atom. The molecule has 0 aliphatic carbocycles. The van der Waals surface area contributed by atoms with E-state index in [9.17, 15) is 4.39 Å². The molecule has 2 atom stereocenters. The van der Waals surface area contributed by atoms with Gasteiger partial charge in [0.1, 0.15) is 11.7 Å². The van der Waals surface area contributed by atoms with E-state index in [1.165, 1.54) is 18.6 Å². The van der Waals surface area contributed by atoms with Gasteiger partial charge in [-0.25, -0.2) is 4.39 Å². The summed E-state index contributed by atoms with van der Waals surface area (Å²) in [6.07, 6.45) is 1.19. The molecule has 2 unspecified atom stereocenters. The van der Waals surface area contributed by atoms with E-state index in [4.69, 9.17) is 11.1 Å². The van der Waals surface area contributed by atoms with Crippen molar-refractivity contribution in [3.05, 3.63) is 35.1 Å². The highest BCUT2D eigenvalue weighted by Crippen LogP contribution is 2.24. The fourth-order valence-electron chi connectivity index (χ4n) is 2.65. The quantitative estimate of drug-likeness (QED) is 0.650. The van der Waals surface area contributed by atoms with E-state index in [1.54, 1.807) is 0 Å². The maximum absolute atomic E-state index is 13.5. The van der Waals surface area contributed by atoms with Crippen LogP contribution in [-0.2, 0) is 6.54 Å². The Morgan fingerprint density at radius 2 is 2.11 bits per heavy atom. The molecule has 3 nitrogen and oxygen atoms in total. The summed E-state index contributed by atoms with van der Waals surface area (Å²) in [7, 11) is 0. The number of nitrogens with one attached hydrogen (secondary N) is 1. The first-order valence-corrected chi connectivity index (χ1v) is 6.82. The minimum Gasteiger partial charge on any atom is -0.384 e. The normalized spacial score (nSPS) is 24.4. The van der Waals surface area contributed by atoms with Crippen molar-refractivity contribution in [2.75, 3.05) is 13.1 Å². The lowest BCUT2D eigenvalue weighted by atomic mass is 9.88. The maximum Gasteiger partial charge on any atom is 0.124 e. The number of likely N-dealkylation sites (tertiary alicyclic amines) is 1. The Kier molecular flexibility index (Phi) is 4.20. The average Bonchev–Trinajstić information content (AvgIpc) is 2.33. The van der Waals surface area contributed by atoms with Crippen molar-refractivity contribution >= 4 is 5.84 Å². The third kappa shape index (κ3) is 3.53. The summed E-state index contributed by atoms with van der Waals surface area (Å²) >= 11 is 0. The molecule has 1 aliphatic rings. The fraction of sp³-hybridized carbons (Fsp3) is 0.533. The van der Waals surface area contributed by atoms with E-state index in [2.05, 4.69) is 18.7 Å². The average molecular weight is 263 g/mol. The standard InChI is InChI=1S/C15H22FN3/c1-10-3-4-19(8-11(10)2)9-12-5-13(15(17)18)7-14(16)6-12/h5-7,10-11H,3-4,8-9H2,1-2H3,(H3,17,18). The Hall–Kier alpha value is -1.42. The van der Waals surface area contributed by atoms with Crippen LogP contribution in [0.2, 0.25) is 0 Å².